The molecule has 2 aromatic heterocycles. The van der Waals surface area contributed by atoms with Gasteiger partial charge in [-0.3, -0.25) is 0 Å². The first-order valence-electron chi connectivity index (χ1n) is 10.7. The van der Waals surface area contributed by atoms with Crippen LogP contribution < -0.4 is 0 Å². The predicted molar refractivity (Wildman–Crippen MR) is 135 cm³/mol. The number of aromatic nitrogens is 4. The molecule has 10 nitrogen and oxygen atoms in total. The van der Waals surface area contributed by atoms with E-state index in [0.717, 1.165) is 0 Å². The molecule has 0 aliphatic heterocycles. The second kappa shape index (κ2) is 9.14. The molecular formula is C28H8N10. The van der Waals surface area contributed by atoms with Crippen LogP contribution in [0.1, 0.15) is 33.9 Å². The minimum absolute atomic E-state index is 0.110. The molecule has 5 rings (SSSR count). The normalized spacial score (nSPS) is 15.6. The van der Waals surface area contributed by atoms with Gasteiger partial charge in [-0.1, -0.05) is 6.07 Å². The summed E-state index contributed by atoms with van der Waals surface area (Å²) in [5.74, 6) is 0.311. The van der Waals surface area contributed by atoms with Gasteiger partial charge >= 0.3 is 0 Å². The molecule has 2 aliphatic carbocycles. The molecule has 10 heteroatoms. The Morgan fingerprint density at radius 1 is 0.658 bits per heavy atom. The van der Waals surface area contributed by atoms with Gasteiger partial charge in [0, 0.05) is 41.5 Å². The van der Waals surface area contributed by atoms with Crippen LogP contribution in [0.4, 0.5) is 0 Å². The summed E-state index contributed by atoms with van der Waals surface area (Å²) in [5.41, 5.74) is 1.91. The summed E-state index contributed by atoms with van der Waals surface area (Å²) in [4.78, 5) is 27.4. The van der Waals surface area contributed by atoms with Crippen LogP contribution in [0.25, 0.3) is 48.1 Å². The third-order valence-electron chi connectivity index (χ3n) is 5.92. The summed E-state index contributed by atoms with van der Waals surface area (Å²) in [6, 6.07) is 12.3. The van der Waals surface area contributed by atoms with Gasteiger partial charge in [0.2, 0.25) is 5.70 Å². The van der Waals surface area contributed by atoms with Gasteiger partial charge in [0.05, 0.1) is 37.4 Å². The van der Waals surface area contributed by atoms with E-state index in [1.807, 2.05) is 12.1 Å². The molecule has 0 fully saturated rings. The Kier molecular flexibility index (Phi) is 5.55. The Labute approximate surface area is 216 Å². The zero-order chi connectivity index (χ0) is 26.8. The van der Waals surface area contributed by atoms with E-state index in [9.17, 15) is 15.8 Å². The third-order valence-corrected chi connectivity index (χ3v) is 5.92. The van der Waals surface area contributed by atoms with Crippen molar-refractivity contribution < 1.29 is 0 Å². The van der Waals surface area contributed by atoms with E-state index < -0.39 is 0 Å². The molecule has 0 radical (unpaired) electrons. The monoisotopic (exact) mass is 484 g/mol. The van der Waals surface area contributed by atoms with Crippen molar-refractivity contribution >= 4 is 33.6 Å². The standard InChI is InChI=1S/C28H8N10/c1-32-20(13-30)22-16-11-17-18(10-15(16)19(12-29)24(22)27-35-6-4-7-36-27)26(34-3)25(23(17)21(14-31)33-2)28-37-8-5-9-38-28/h4-11H/b22-20+,23-21-. The average Bonchev–Trinajstić information content (AvgIpc) is 3.46. The van der Waals surface area contributed by atoms with Crippen molar-refractivity contribution in [3.8, 4) is 18.2 Å². The third kappa shape index (κ3) is 3.22. The van der Waals surface area contributed by atoms with Gasteiger partial charge in [-0.2, -0.15) is 5.26 Å². The Hall–Kier alpha value is -6.72. The van der Waals surface area contributed by atoms with Crippen molar-refractivity contribution in [2.24, 2.45) is 0 Å². The maximum Gasteiger partial charge on any atom is 0.270 e. The number of fused-ring (bicyclic) bond motifs is 2. The van der Waals surface area contributed by atoms with Crippen LogP contribution in [0.3, 0.4) is 0 Å². The number of nitrogens with zero attached hydrogens (tertiary/aromatic N) is 10. The first-order chi connectivity index (χ1) is 18.6. The Balaban J connectivity index is 1.95. The Morgan fingerprint density at radius 2 is 1.13 bits per heavy atom. The molecule has 1 aromatic carbocycles. The van der Waals surface area contributed by atoms with E-state index in [1.54, 1.807) is 24.3 Å². The lowest BCUT2D eigenvalue weighted by Crippen LogP contribution is -1.97. The molecule has 0 saturated heterocycles. The molecule has 3 aromatic rings. The Morgan fingerprint density at radius 3 is 1.61 bits per heavy atom. The molecular weight excluding hydrogens is 476 g/mol. The molecule has 170 valence electrons. The molecule has 2 heterocycles. The first-order valence-corrected chi connectivity index (χ1v) is 10.7. The van der Waals surface area contributed by atoms with Crippen LogP contribution in [-0.2, 0) is 0 Å². The molecule has 0 amide bonds. The number of hydrogen-bond donors (Lipinski definition) is 0. The van der Waals surface area contributed by atoms with Crippen LogP contribution in [0.15, 0.2) is 60.4 Å². The van der Waals surface area contributed by atoms with Gasteiger partial charge < -0.3 is 0 Å². The van der Waals surface area contributed by atoms with E-state index in [1.165, 1.54) is 24.8 Å². The van der Waals surface area contributed by atoms with Crippen molar-refractivity contribution in [3.05, 3.63) is 129 Å². The highest BCUT2D eigenvalue weighted by atomic mass is 14.9. The number of hydrogen-bond acceptors (Lipinski definition) is 7. The van der Waals surface area contributed by atoms with Crippen molar-refractivity contribution in [1.82, 2.24) is 19.9 Å². The number of allylic oxidation sites excluding steroid dienone is 7. The lowest BCUT2D eigenvalue weighted by molar-refractivity contribution is 1.12. The quantitative estimate of drug-likeness (QED) is 0.375. The van der Waals surface area contributed by atoms with E-state index >= 15 is 0 Å². The fraction of sp³-hybridized carbons (Fsp3) is 0. The van der Waals surface area contributed by atoms with Crippen molar-refractivity contribution in [2.75, 3.05) is 0 Å². The maximum atomic E-state index is 10.2. The summed E-state index contributed by atoms with van der Waals surface area (Å²) in [7, 11) is 0. The number of rotatable bonds is 2. The summed E-state index contributed by atoms with van der Waals surface area (Å²) >= 11 is 0. The van der Waals surface area contributed by atoms with E-state index in [4.69, 9.17) is 19.7 Å². The molecule has 0 atom stereocenters. The number of benzene rings is 1. The lowest BCUT2D eigenvalue weighted by atomic mass is 9.93. The Bertz CT molecular complexity index is 1780. The maximum absolute atomic E-state index is 10.2. The van der Waals surface area contributed by atoms with Gasteiger partial charge in [0.15, 0.2) is 5.82 Å². The van der Waals surface area contributed by atoms with Crippen LogP contribution >= 0.6 is 0 Å². The van der Waals surface area contributed by atoms with Crippen LogP contribution in [0.2, 0.25) is 0 Å². The zero-order valence-corrected chi connectivity index (χ0v) is 19.1. The molecule has 2 aliphatic rings. The summed E-state index contributed by atoms with van der Waals surface area (Å²) in [6.07, 6.45) is 5.94. The average molecular weight is 484 g/mol. The molecule has 0 bridgehead atoms. The van der Waals surface area contributed by atoms with E-state index in [-0.39, 0.29) is 56.6 Å². The summed E-state index contributed by atoms with van der Waals surface area (Å²) in [5, 5.41) is 29.8. The fourth-order valence-electron chi connectivity index (χ4n) is 4.49. The lowest BCUT2D eigenvalue weighted by Gasteiger charge is -2.11. The van der Waals surface area contributed by atoms with Crippen LogP contribution in [0.5, 0.6) is 0 Å². The molecule has 0 saturated carbocycles. The molecule has 38 heavy (non-hydrogen) atoms. The minimum Gasteiger partial charge on any atom is -0.238 e. The summed E-state index contributed by atoms with van der Waals surface area (Å²) < 4.78 is 0. The largest absolute Gasteiger partial charge is 0.270 e. The van der Waals surface area contributed by atoms with Crippen LogP contribution in [-0.4, -0.2) is 19.9 Å². The van der Waals surface area contributed by atoms with Crippen molar-refractivity contribution in [1.29, 1.82) is 15.8 Å². The fourth-order valence-corrected chi connectivity index (χ4v) is 4.49. The molecule has 0 unspecified atom stereocenters. The highest BCUT2D eigenvalue weighted by molar-refractivity contribution is 6.28. The SMILES string of the molecule is [C-]#[N+]C1=C(c2ncccn2)/C(=C(/C#N)[N+]#[C-])c2cc3c(cc21)C(C#N)=C(c1ncccn1)/C3=C(\C#N)[N+]#[C-]. The minimum atomic E-state index is -0.280. The van der Waals surface area contributed by atoms with Gasteiger partial charge in [-0.05, 0) is 46.0 Å². The second-order valence-corrected chi connectivity index (χ2v) is 7.68. The number of nitriles is 3. The first kappa shape index (κ1) is 23.0. The van der Waals surface area contributed by atoms with Crippen molar-refractivity contribution in [2.45, 2.75) is 0 Å². The van der Waals surface area contributed by atoms with Gasteiger partial charge in [0.25, 0.3) is 11.4 Å². The van der Waals surface area contributed by atoms with E-state index in [0.29, 0.717) is 22.3 Å². The predicted octanol–water partition coefficient (Wildman–Crippen LogP) is 4.82. The molecule has 0 N–H and O–H groups in total. The van der Waals surface area contributed by atoms with Gasteiger partial charge in [-0.25, -0.2) is 45.0 Å². The second-order valence-electron chi connectivity index (χ2n) is 7.68. The van der Waals surface area contributed by atoms with Crippen LogP contribution in [0, 0.1) is 53.7 Å². The zero-order valence-electron chi connectivity index (χ0n) is 19.1. The molecule has 0 spiro atoms. The van der Waals surface area contributed by atoms with Gasteiger partial charge in [0.1, 0.15) is 11.9 Å². The topological polar surface area (TPSA) is 136 Å². The van der Waals surface area contributed by atoms with E-state index in [2.05, 4.69) is 40.5 Å². The van der Waals surface area contributed by atoms with Gasteiger partial charge in [-0.15, -0.1) is 0 Å². The smallest absolute Gasteiger partial charge is 0.238 e. The highest BCUT2D eigenvalue weighted by Gasteiger charge is 2.38. The van der Waals surface area contributed by atoms with Crippen molar-refractivity contribution in [3.63, 3.8) is 0 Å². The summed E-state index contributed by atoms with van der Waals surface area (Å²) in [6.45, 7) is 23.2. The highest BCUT2D eigenvalue weighted by Crippen LogP contribution is 2.54.